The molecule has 100 valence electrons. The second-order valence-electron chi connectivity index (χ2n) is 3.04. The van der Waals surface area contributed by atoms with E-state index >= 15 is 0 Å². The maximum Gasteiger partial charge on any atom is 0.450 e. The average molecular weight is 307 g/mol. The topological polar surface area (TPSA) is 64.6 Å². The van der Waals surface area contributed by atoms with Crippen LogP contribution >= 0.6 is 28.0 Å². The van der Waals surface area contributed by atoms with E-state index in [1.807, 2.05) is 6.07 Å². The van der Waals surface area contributed by atoms with Gasteiger partial charge in [-0.1, -0.05) is 29.0 Å². The van der Waals surface area contributed by atoms with Crippen molar-refractivity contribution in [3.05, 3.63) is 30.3 Å². The van der Waals surface area contributed by atoms with Crippen LogP contribution in [0.5, 0.6) is 5.75 Å². The summed E-state index contributed by atoms with van der Waals surface area (Å²) < 4.78 is 22.4. The molecule has 1 unspecified atom stereocenters. The van der Waals surface area contributed by atoms with Crippen LogP contribution in [-0.4, -0.2) is 25.8 Å². The number of amides is 1. The third-order valence-corrected chi connectivity index (χ3v) is 7.83. The Morgan fingerprint density at radius 3 is 2.61 bits per heavy atom. The van der Waals surface area contributed by atoms with Gasteiger partial charge in [-0.3, -0.25) is 9.32 Å². The normalized spacial score (nSPS) is 13.7. The van der Waals surface area contributed by atoms with Crippen molar-refractivity contribution in [1.82, 2.24) is 5.32 Å². The molecule has 8 heteroatoms. The van der Waals surface area contributed by atoms with Crippen molar-refractivity contribution in [2.75, 3.05) is 19.9 Å². The molecular weight excluding hydrogens is 293 g/mol. The first-order valence-electron chi connectivity index (χ1n) is 5.02. The minimum absolute atomic E-state index is 0.144. The second kappa shape index (κ2) is 7.74. The van der Waals surface area contributed by atoms with Gasteiger partial charge in [0.15, 0.2) is 0 Å². The highest BCUT2D eigenvalue weighted by atomic mass is 33.3. The lowest BCUT2D eigenvalue weighted by molar-refractivity contribution is -0.118. The van der Waals surface area contributed by atoms with Crippen LogP contribution in [0.25, 0.3) is 0 Å². The summed E-state index contributed by atoms with van der Waals surface area (Å²) in [5, 5.41) is 2.47. The maximum atomic E-state index is 12.2. The van der Waals surface area contributed by atoms with Crippen LogP contribution in [0.4, 0.5) is 0 Å². The van der Waals surface area contributed by atoms with E-state index in [-0.39, 0.29) is 11.7 Å². The Bertz CT molecular complexity index is 429. The number of carbonyl (C=O) groups excluding carboxylic acids is 1. The number of para-hydroxylation sites is 1. The van der Waals surface area contributed by atoms with Crippen LogP contribution in [0.1, 0.15) is 0 Å². The van der Waals surface area contributed by atoms with Crippen LogP contribution in [0.2, 0.25) is 0 Å². The van der Waals surface area contributed by atoms with E-state index in [1.165, 1.54) is 7.11 Å². The average Bonchev–Trinajstić information content (AvgIpc) is 2.39. The molecule has 0 aliphatic carbocycles. The van der Waals surface area contributed by atoms with Gasteiger partial charge < -0.3 is 9.84 Å². The van der Waals surface area contributed by atoms with Gasteiger partial charge in [0, 0.05) is 24.6 Å². The van der Waals surface area contributed by atoms with Crippen LogP contribution in [0.15, 0.2) is 30.3 Å². The standard InChI is InChI=1S/C10H14NO4PS2/c1-11-10(12)8-17-18-16(13,14-2)15-9-6-4-3-5-7-9/h3-7H,8H2,1-2H3,(H,11,12). The molecule has 0 saturated heterocycles. The van der Waals surface area contributed by atoms with Crippen LogP contribution in [0.3, 0.4) is 0 Å². The molecule has 0 aromatic heterocycles. The van der Waals surface area contributed by atoms with Crippen molar-refractivity contribution in [2.24, 2.45) is 0 Å². The summed E-state index contributed by atoms with van der Waals surface area (Å²) in [5.41, 5.74) is 0. The molecule has 18 heavy (non-hydrogen) atoms. The minimum Gasteiger partial charge on any atom is -0.416 e. The highest BCUT2D eigenvalue weighted by Crippen LogP contribution is 2.64. The van der Waals surface area contributed by atoms with E-state index in [0.29, 0.717) is 5.75 Å². The lowest BCUT2D eigenvalue weighted by Crippen LogP contribution is -2.19. The van der Waals surface area contributed by atoms with Gasteiger partial charge in [0.1, 0.15) is 5.75 Å². The molecule has 0 saturated carbocycles. The molecule has 0 fully saturated rings. The molecule has 1 atom stereocenters. The van der Waals surface area contributed by atoms with E-state index in [2.05, 4.69) is 5.32 Å². The quantitative estimate of drug-likeness (QED) is 0.617. The third-order valence-electron chi connectivity index (χ3n) is 1.80. The highest BCUT2D eigenvalue weighted by Gasteiger charge is 2.26. The lowest BCUT2D eigenvalue weighted by atomic mass is 10.3. The molecular formula is C10H14NO4PS2. The SMILES string of the molecule is CNC(=O)CSSP(=O)(OC)Oc1ccccc1. The highest BCUT2D eigenvalue weighted by molar-refractivity contribution is 8.98. The zero-order valence-corrected chi connectivity index (χ0v) is 12.5. The lowest BCUT2D eigenvalue weighted by Gasteiger charge is -2.15. The van der Waals surface area contributed by atoms with Gasteiger partial charge in [-0.2, -0.15) is 0 Å². The summed E-state index contributed by atoms with van der Waals surface area (Å²) in [7, 11) is 4.92. The fraction of sp³-hybridized carbons (Fsp3) is 0.300. The van der Waals surface area contributed by atoms with Gasteiger partial charge in [0.05, 0.1) is 5.75 Å². The molecule has 1 aromatic rings. The zero-order chi connectivity index (χ0) is 13.4. The monoisotopic (exact) mass is 307 g/mol. The number of nitrogens with one attached hydrogen (secondary N) is 1. The number of benzene rings is 1. The van der Waals surface area contributed by atoms with Crippen LogP contribution in [0, 0.1) is 0 Å². The first-order chi connectivity index (χ1) is 8.59. The fourth-order valence-corrected chi connectivity index (χ4v) is 5.75. The van der Waals surface area contributed by atoms with Crippen molar-refractivity contribution >= 4 is 33.9 Å². The van der Waals surface area contributed by atoms with Gasteiger partial charge in [0.2, 0.25) is 5.91 Å². The van der Waals surface area contributed by atoms with Crippen molar-refractivity contribution in [2.45, 2.75) is 0 Å². The molecule has 0 spiro atoms. The second-order valence-corrected chi connectivity index (χ2v) is 9.00. The molecule has 0 bridgehead atoms. The fourth-order valence-electron chi connectivity index (χ4n) is 0.910. The summed E-state index contributed by atoms with van der Waals surface area (Å²) in [6, 6.07) is 8.76. The smallest absolute Gasteiger partial charge is 0.416 e. The summed E-state index contributed by atoms with van der Waals surface area (Å²) in [6.45, 7) is -3.29. The Morgan fingerprint density at radius 1 is 1.39 bits per heavy atom. The first-order valence-corrected chi connectivity index (χ1v) is 9.48. The van der Waals surface area contributed by atoms with Crippen molar-refractivity contribution < 1.29 is 18.4 Å². The van der Waals surface area contributed by atoms with E-state index in [0.717, 1.165) is 21.2 Å². The number of hydrogen-bond acceptors (Lipinski definition) is 6. The van der Waals surface area contributed by atoms with E-state index in [9.17, 15) is 9.36 Å². The maximum absolute atomic E-state index is 12.2. The molecule has 5 nitrogen and oxygen atoms in total. The largest absolute Gasteiger partial charge is 0.450 e. The van der Waals surface area contributed by atoms with E-state index < -0.39 is 6.80 Å². The Kier molecular flexibility index (Phi) is 6.63. The Balaban J connectivity index is 2.52. The molecule has 0 radical (unpaired) electrons. The van der Waals surface area contributed by atoms with Gasteiger partial charge in [0.25, 0.3) is 0 Å². The summed E-state index contributed by atoms with van der Waals surface area (Å²) in [5.74, 6) is 0.512. The predicted molar refractivity (Wildman–Crippen MR) is 75.8 cm³/mol. The van der Waals surface area contributed by atoms with Gasteiger partial charge in [-0.05, 0) is 12.1 Å². The Morgan fingerprint density at radius 2 is 2.06 bits per heavy atom. The van der Waals surface area contributed by atoms with Crippen molar-refractivity contribution in [3.8, 4) is 5.75 Å². The van der Waals surface area contributed by atoms with E-state index in [1.54, 1.807) is 31.3 Å². The predicted octanol–water partition coefficient (Wildman–Crippen LogP) is 2.95. The third kappa shape index (κ3) is 5.35. The van der Waals surface area contributed by atoms with Gasteiger partial charge in [-0.25, -0.2) is 4.57 Å². The minimum atomic E-state index is -3.29. The first kappa shape index (κ1) is 15.4. The summed E-state index contributed by atoms with van der Waals surface area (Å²) in [4.78, 5) is 11.0. The van der Waals surface area contributed by atoms with Crippen LogP contribution < -0.4 is 9.84 Å². The molecule has 1 amide bonds. The number of hydrogen-bond donors (Lipinski definition) is 1. The molecule has 0 aliphatic rings. The van der Waals surface area contributed by atoms with Gasteiger partial charge >= 0.3 is 6.80 Å². The molecule has 0 heterocycles. The zero-order valence-electron chi connectivity index (χ0n) is 9.99. The molecule has 1 aromatic carbocycles. The summed E-state index contributed by atoms with van der Waals surface area (Å²) in [6.07, 6.45) is 0. The Labute approximate surface area is 114 Å². The van der Waals surface area contributed by atoms with Crippen molar-refractivity contribution in [1.29, 1.82) is 0 Å². The van der Waals surface area contributed by atoms with Crippen molar-refractivity contribution in [3.63, 3.8) is 0 Å². The Hall–Kier alpha value is -0.620. The molecule has 1 N–H and O–H groups in total. The van der Waals surface area contributed by atoms with E-state index in [4.69, 9.17) is 9.05 Å². The number of carbonyl (C=O) groups is 1. The summed E-state index contributed by atoms with van der Waals surface area (Å²) >= 11 is 0. The molecule has 1 rings (SSSR count). The molecule has 0 aliphatic heterocycles. The number of rotatable bonds is 7. The van der Waals surface area contributed by atoms with Gasteiger partial charge in [-0.15, -0.1) is 0 Å². The van der Waals surface area contributed by atoms with Crippen LogP contribution in [-0.2, 0) is 13.9 Å².